The van der Waals surface area contributed by atoms with Crippen molar-refractivity contribution in [2.24, 2.45) is 0 Å². The van der Waals surface area contributed by atoms with Crippen molar-refractivity contribution in [3.05, 3.63) is 78.0 Å². The topological polar surface area (TPSA) is 98.4 Å². The molecule has 1 aromatic heterocycles. The van der Waals surface area contributed by atoms with Crippen molar-refractivity contribution in [2.75, 3.05) is 33.9 Å². The molecule has 2 aromatic carbocycles. The van der Waals surface area contributed by atoms with Gasteiger partial charge in [0.2, 0.25) is 0 Å². The highest BCUT2D eigenvalue weighted by Crippen LogP contribution is 2.23. The van der Waals surface area contributed by atoms with E-state index in [1.165, 1.54) is 6.42 Å². The molecule has 0 spiro atoms. The zero-order valence-corrected chi connectivity index (χ0v) is 19.3. The summed E-state index contributed by atoms with van der Waals surface area (Å²) in [5.41, 5.74) is 3.78. The number of anilines is 4. The molecule has 4 rings (SSSR count). The van der Waals surface area contributed by atoms with Crippen molar-refractivity contribution >= 4 is 34.9 Å². The maximum absolute atomic E-state index is 12.6. The SMILES string of the molecule is Cc1ccc(NC(=O)Nc2ccccc2)cc1NC(=O)NCc1cccnc1N1CCCCC1. The van der Waals surface area contributed by atoms with Crippen molar-refractivity contribution in [1.82, 2.24) is 10.3 Å². The van der Waals surface area contributed by atoms with Crippen LogP contribution in [0, 0.1) is 6.92 Å². The van der Waals surface area contributed by atoms with Crippen molar-refractivity contribution < 1.29 is 9.59 Å². The van der Waals surface area contributed by atoms with Gasteiger partial charge in [0.15, 0.2) is 0 Å². The molecule has 1 aliphatic rings. The second-order valence-corrected chi connectivity index (χ2v) is 8.32. The summed E-state index contributed by atoms with van der Waals surface area (Å²) in [6.45, 7) is 4.26. The second kappa shape index (κ2) is 11.2. The van der Waals surface area contributed by atoms with Gasteiger partial charge in [-0.3, -0.25) is 0 Å². The summed E-state index contributed by atoms with van der Waals surface area (Å²) in [6, 6.07) is 17.8. The van der Waals surface area contributed by atoms with E-state index in [2.05, 4.69) is 31.2 Å². The number of para-hydroxylation sites is 1. The molecular formula is C26H30N6O2. The second-order valence-electron chi connectivity index (χ2n) is 8.32. The normalized spacial score (nSPS) is 13.1. The van der Waals surface area contributed by atoms with E-state index in [9.17, 15) is 9.59 Å². The number of carbonyl (C=O) groups is 2. The Bertz CT molecular complexity index is 1130. The van der Waals surface area contributed by atoms with E-state index in [1.807, 2.05) is 55.5 Å². The molecule has 4 N–H and O–H groups in total. The maximum atomic E-state index is 12.6. The molecule has 0 unspecified atom stereocenters. The fourth-order valence-electron chi connectivity index (χ4n) is 3.95. The van der Waals surface area contributed by atoms with Crippen LogP contribution in [0.25, 0.3) is 0 Å². The lowest BCUT2D eigenvalue weighted by molar-refractivity contribution is 0.251. The van der Waals surface area contributed by atoms with Gasteiger partial charge in [-0.25, -0.2) is 14.6 Å². The van der Waals surface area contributed by atoms with E-state index in [0.29, 0.717) is 23.6 Å². The highest BCUT2D eigenvalue weighted by atomic mass is 16.2. The Morgan fingerprint density at radius 3 is 2.41 bits per heavy atom. The van der Waals surface area contributed by atoms with Crippen molar-refractivity contribution in [3.8, 4) is 0 Å². The third-order valence-corrected chi connectivity index (χ3v) is 5.74. The lowest BCUT2D eigenvalue weighted by atomic mass is 10.1. The van der Waals surface area contributed by atoms with Gasteiger partial charge in [0.1, 0.15) is 5.82 Å². The van der Waals surface area contributed by atoms with Crippen molar-refractivity contribution in [3.63, 3.8) is 0 Å². The number of urea groups is 2. The monoisotopic (exact) mass is 458 g/mol. The number of pyridine rings is 1. The van der Waals surface area contributed by atoms with Crippen LogP contribution in [0.4, 0.5) is 32.5 Å². The van der Waals surface area contributed by atoms with E-state index in [-0.39, 0.29) is 12.1 Å². The summed E-state index contributed by atoms with van der Waals surface area (Å²) >= 11 is 0. The molecule has 0 saturated carbocycles. The lowest BCUT2D eigenvalue weighted by Gasteiger charge is -2.29. The van der Waals surface area contributed by atoms with Gasteiger partial charge in [0, 0.05) is 48.5 Å². The van der Waals surface area contributed by atoms with Crippen molar-refractivity contribution in [2.45, 2.75) is 32.7 Å². The van der Waals surface area contributed by atoms with E-state index >= 15 is 0 Å². The number of amides is 4. The minimum Gasteiger partial charge on any atom is -0.356 e. The molecule has 0 radical (unpaired) electrons. The first kappa shape index (κ1) is 23.1. The van der Waals surface area contributed by atoms with Gasteiger partial charge in [-0.15, -0.1) is 0 Å². The Labute approximate surface area is 199 Å². The molecule has 8 heteroatoms. The highest BCUT2D eigenvalue weighted by Gasteiger charge is 2.16. The fraction of sp³-hybridized carbons (Fsp3) is 0.269. The molecule has 0 bridgehead atoms. The summed E-state index contributed by atoms with van der Waals surface area (Å²) in [4.78, 5) is 31.8. The van der Waals surface area contributed by atoms with Gasteiger partial charge in [0.25, 0.3) is 0 Å². The first-order valence-electron chi connectivity index (χ1n) is 11.6. The number of hydrogen-bond donors (Lipinski definition) is 4. The quantitative estimate of drug-likeness (QED) is 0.400. The number of aromatic nitrogens is 1. The molecule has 1 aliphatic heterocycles. The van der Waals surface area contributed by atoms with Gasteiger partial charge in [-0.05, 0) is 62.1 Å². The number of nitrogens with zero attached hydrogens (tertiary/aromatic N) is 2. The Morgan fingerprint density at radius 2 is 1.62 bits per heavy atom. The van der Waals surface area contributed by atoms with Crippen LogP contribution in [0.3, 0.4) is 0 Å². The standard InChI is InChI=1S/C26H30N6O2/c1-19-12-13-22(30-26(34)29-21-10-4-2-5-11-21)17-23(19)31-25(33)28-18-20-9-8-14-27-24(20)32-15-6-3-7-16-32/h2,4-5,8-14,17H,3,6-7,15-16,18H2,1H3,(H2,28,31,33)(H2,29,30,34). The lowest BCUT2D eigenvalue weighted by Crippen LogP contribution is -2.33. The molecule has 1 saturated heterocycles. The molecule has 0 aliphatic carbocycles. The van der Waals surface area contributed by atoms with Crippen LogP contribution in [0.2, 0.25) is 0 Å². The van der Waals surface area contributed by atoms with Gasteiger partial charge in [0.05, 0.1) is 0 Å². The maximum Gasteiger partial charge on any atom is 0.323 e. The largest absolute Gasteiger partial charge is 0.356 e. The first-order chi connectivity index (χ1) is 16.6. The molecular weight excluding hydrogens is 428 g/mol. The summed E-state index contributed by atoms with van der Waals surface area (Å²) in [7, 11) is 0. The van der Waals surface area contributed by atoms with Crippen molar-refractivity contribution in [1.29, 1.82) is 0 Å². The van der Waals surface area contributed by atoms with Gasteiger partial charge >= 0.3 is 12.1 Å². The number of benzene rings is 2. The third-order valence-electron chi connectivity index (χ3n) is 5.74. The fourth-order valence-corrected chi connectivity index (χ4v) is 3.95. The van der Waals surface area contributed by atoms with E-state index in [1.54, 1.807) is 18.3 Å². The van der Waals surface area contributed by atoms with Gasteiger partial charge in [-0.2, -0.15) is 0 Å². The van der Waals surface area contributed by atoms with Crippen LogP contribution < -0.4 is 26.2 Å². The van der Waals surface area contributed by atoms with Crippen LogP contribution >= 0.6 is 0 Å². The predicted octanol–water partition coefficient (Wildman–Crippen LogP) is 5.35. The molecule has 0 atom stereocenters. The number of nitrogens with one attached hydrogen (secondary N) is 4. The number of carbonyl (C=O) groups excluding carboxylic acids is 2. The molecule has 2 heterocycles. The van der Waals surface area contributed by atoms with Crippen LogP contribution in [-0.4, -0.2) is 30.1 Å². The Kier molecular flexibility index (Phi) is 7.60. The Morgan fingerprint density at radius 1 is 0.853 bits per heavy atom. The molecule has 8 nitrogen and oxygen atoms in total. The number of rotatable bonds is 6. The summed E-state index contributed by atoms with van der Waals surface area (Å²) < 4.78 is 0. The van der Waals surface area contributed by atoms with E-state index in [0.717, 1.165) is 42.9 Å². The van der Waals surface area contributed by atoms with Crippen LogP contribution in [0.5, 0.6) is 0 Å². The highest BCUT2D eigenvalue weighted by molar-refractivity contribution is 6.00. The average molecular weight is 459 g/mol. The summed E-state index contributed by atoms with van der Waals surface area (Å²) in [5, 5.41) is 11.4. The van der Waals surface area contributed by atoms with Gasteiger partial charge < -0.3 is 26.2 Å². The predicted molar refractivity (Wildman–Crippen MR) is 136 cm³/mol. The molecule has 176 valence electrons. The molecule has 3 aromatic rings. The molecule has 1 fully saturated rings. The number of aryl methyl sites for hydroxylation is 1. The minimum atomic E-state index is -0.354. The molecule has 4 amide bonds. The van der Waals surface area contributed by atoms with E-state index < -0.39 is 0 Å². The summed E-state index contributed by atoms with van der Waals surface area (Å²) in [6.07, 6.45) is 5.37. The zero-order valence-electron chi connectivity index (χ0n) is 19.3. The van der Waals surface area contributed by atoms with Crippen LogP contribution in [-0.2, 0) is 6.54 Å². The van der Waals surface area contributed by atoms with Crippen LogP contribution in [0.1, 0.15) is 30.4 Å². The average Bonchev–Trinajstić information content (AvgIpc) is 2.86. The summed E-state index contributed by atoms with van der Waals surface area (Å²) in [5.74, 6) is 0.939. The number of piperidine rings is 1. The third kappa shape index (κ3) is 6.25. The zero-order chi connectivity index (χ0) is 23.8. The Balaban J connectivity index is 1.35. The molecule has 34 heavy (non-hydrogen) atoms. The minimum absolute atomic E-state index is 0.317. The number of hydrogen-bond acceptors (Lipinski definition) is 4. The Hall–Kier alpha value is -4.07. The van der Waals surface area contributed by atoms with E-state index in [4.69, 9.17) is 0 Å². The smallest absolute Gasteiger partial charge is 0.323 e. The van der Waals surface area contributed by atoms with Crippen LogP contribution in [0.15, 0.2) is 66.9 Å². The first-order valence-corrected chi connectivity index (χ1v) is 11.6. The van der Waals surface area contributed by atoms with Gasteiger partial charge in [-0.1, -0.05) is 30.3 Å².